The highest BCUT2D eigenvalue weighted by Crippen LogP contribution is 2.14. The zero-order chi connectivity index (χ0) is 16.3. The fourth-order valence-corrected chi connectivity index (χ4v) is 3.76. The van der Waals surface area contributed by atoms with Crippen molar-refractivity contribution in [3.05, 3.63) is 0 Å². The Kier molecular flexibility index (Phi) is 19.6. The van der Waals surface area contributed by atoms with Gasteiger partial charge >= 0.3 is 0 Å². The van der Waals surface area contributed by atoms with E-state index in [0.717, 1.165) is 5.75 Å². The first kappa shape index (κ1) is 22.3. The minimum absolute atomic E-state index is 0.414. The van der Waals surface area contributed by atoms with Gasteiger partial charge in [0.25, 0.3) is 0 Å². The number of rotatable bonds is 18. The Morgan fingerprint density at radius 1 is 0.682 bits per heavy atom. The topological polar surface area (TPSA) is 9.23 Å². The van der Waals surface area contributed by atoms with Crippen molar-refractivity contribution in [2.24, 2.45) is 0 Å². The molecule has 0 radical (unpaired) electrons. The van der Waals surface area contributed by atoms with E-state index in [0.29, 0.717) is 6.10 Å². The first-order valence-corrected chi connectivity index (χ1v) is 11.1. The van der Waals surface area contributed by atoms with Gasteiger partial charge in [-0.3, -0.25) is 0 Å². The first-order chi connectivity index (χ1) is 10.8. The van der Waals surface area contributed by atoms with Crippen molar-refractivity contribution in [1.82, 2.24) is 0 Å². The van der Waals surface area contributed by atoms with Crippen molar-refractivity contribution in [1.29, 1.82) is 0 Å². The summed E-state index contributed by atoms with van der Waals surface area (Å²) in [6.07, 6.45) is 20.7. The van der Waals surface area contributed by atoms with E-state index >= 15 is 0 Å². The number of thioether (sulfide) groups is 1. The number of hydrogen-bond acceptors (Lipinski definition) is 2. The fourth-order valence-electron chi connectivity index (χ4n) is 2.72. The van der Waals surface area contributed by atoms with Crippen LogP contribution in [0.15, 0.2) is 0 Å². The lowest BCUT2D eigenvalue weighted by atomic mass is 10.0. The van der Waals surface area contributed by atoms with E-state index in [1.807, 2.05) is 11.8 Å². The fraction of sp³-hybridized carbons (Fsp3) is 1.00. The maximum Gasteiger partial charge on any atom is 0.0633 e. The van der Waals surface area contributed by atoms with Gasteiger partial charge in [0.05, 0.1) is 6.10 Å². The molecule has 0 saturated heterocycles. The molecule has 0 heterocycles. The van der Waals surface area contributed by atoms with Crippen LogP contribution in [0.1, 0.15) is 104 Å². The molecule has 0 rings (SSSR count). The van der Waals surface area contributed by atoms with Crippen LogP contribution in [-0.2, 0) is 4.74 Å². The first-order valence-electron chi connectivity index (χ1n) is 9.91. The third-order valence-electron chi connectivity index (χ3n) is 4.40. The third kappa shape index (κ3) is 18.4. The Morgan fingerprint density at radius 2 is 1.09 bits per heavy atom. The molecule has 0 aliphatic heterocycles. The van der Waals surface area contributed by atoms with Gasteiger partial charge in [-0.05, 0) is 19.1 Å². The van der Waals surface area contributed by atoms with Crippen molar-refractivity contribution in [3.63, 3.8) is 0 Å². The zero-order valence-corrected chi connectivity index (χ0v) is 16.5. The molecule has 0 aliphatic carbocycles. The maximum absolute atomic E-state index is 5.25. The summed E-state index contributed by atoms with van der Waals surface area (Å²) in [6, 6.07) is 0. The lowest BCUT2D eigenvalue weighted by molar-refractivity contribution is 0.138. The SMILES string of the molecule is CCCCCCCCCCCCCCCCSCC(C)OC. The highest BCUT2D eigenvalue weighted by atomic mass is 32.2. The summed E-state index contributed by atoms with van der Waals surface area (Å²) in [5.41, 5.74) is 0. The summed E-state index contributed by atoms with van der Waals surface area (Å²) in [6.45, 7) is 4.44. The van der Waals surface area contributed by atoms with Crippen LogP contribution < -0.4 is 0 Å². The smallest absolute Gasteiger partial charge is 0.0633 e. The molecule has 0 aromatic carbocycles. The Balaban J connectivity index is 2.97. The van der Waals surface area contributed by atoms with Crippen LogP contribution in [0.2, 0.25) is 0 Å². The molecule has 0 aliphatic rings. The molecular weight excluding hydrogens is 288 g/mol. The molecule has 0 fully saturated rings. The molecule has 0 aromatic heterocycles. The normalized spacial score (nSPS) is 12.7. The molecule has 22 heavy (non-hydrogen) atoms. The second-order valence-electron chi connectivity index (χ2n) is 6.72. The molecule has 0 aromatic rings. The second kappa shape index (κ2) is 19.4. The Morgan fingerprint density at radius 3 is 1.50 bits per heavy atom. The van der Waals surface area contributed by atoms with E-state index in [9.17, 15) is 0 Å². The number of methoxy groups -OCH3 is 1. The summed E-state index contributed by atoms with van der Waals surface area (Å²) in [5, 5.41) is 0. The average molecular weight is 331 g/mol. The Labute approximate surface area is 145 Å². The standard InChI is InChI=1S/C20H42OS/c1-4-5-6-7-8-9-10-11-12-13-14-15-16-17-18-22-19-20(2)21-3/h20H,4-19H2,1-3H3. The number of hydrogen-bond donors (Lipinski definition) is 0. The van der Waals surface area contributed by atoms with E-state index in [1.54, 1.807) is 7.11 Å². The van der Waals surface area contributed by atoms with Gasteiger partial charge in [0.2, 0.25) is 0 Å². The van der Waals surface area contributed by atoms with Gasteiger partial charge in [-0.2, -0.15) is 11.8 Å². The second-order valence-corrected chi connectivity index (χ2v) is 7.87. The van der Waals surface area contributed by atoms with Gasteiger partial charge in [-0.1, -0.05) is 90.4 Å². The number of ether oxygens (including phenoxy) is 1. The summed E-state index contributed by atoms with van der Waals surface area (Å²) >= 11 is 2.05. The van der Waals surface area contributed by atoms with Crippen LogP contribution in [-0.4, -0.2) is 24.7 Å². The highest BCUT2D eigenvalue weighted by Gasteiger charge is 1.99. The molecule has 1 nitrogen and oxygen atoms in total. The van der Waals surface area contributed by atoms with Gasteiger partial charge in [0.15, 0.2) is 0 Å². The van der Waals surface area contributed by atoms with Crippen LogP contribution in [0, 0.1) is 0 Å². The molecule has 0 bridgehead atoms. The van der Waals surface area contributed by atoms with Crippen molar-refractivity contribution >= 4 is 11.8 Å². The summed E-state index contributed by atoms with van der Waals surface area (Å²) < 4.78 is 5.25. The Hall–Kier alpha value is 0.310. The van der Waals surface area contributed by atoms with Gasteiger partial charge in [-0.25, -0.2) is 0 Å². The van der Waals surface area contributed by atoms with Gasteiger partial charge in [0.1, 0.15) is 0 Å². The van der Waals surface area contributed by atoms with Crippen molar-refractivity contribution in [2.75, 3.05) is 18.6 Å². The molecule has 0 N–H and O–H groups in total. The van der Waals surface area contributed by atoms with E-state index in [-0.39, 0.29) is 0 Å². The highest BCUT2D eigenvalue weighted by molar-refractivity contribution is 7.99. The monoisotopic (exact) mass is 330 g/mol. The largest absolute Gasteiger partial charge is 0.381 e. The zero-order valence-electron chi connectivity index (χ0n) is 15.7. The van der Waals surface area contributed by atoms with Crippen LogP contribution in [0.5, 0.6) is 0 Å². The van der Waals surface area contributed by atoms with E-state index < -0.39 is 0 Å². The maximum atomic E-state index is 5.25. The third-order valence-corrected chi connectivity index (χ3v) is 5.68. The lowest BCUT2D eigenvalue weighted by Crippen LogP contribution is -2.07. The minimum atomic E-state index is 0.414. The minimum Gasteiger partial charge on any atom is -0.381 e. The lowest BCUT2D eigenvalue weighted by Gasteiger charge is -2.08. The molecule has 0 saturated carbocycles. The van der Waals surface area contributed by atoms with Gasteiger partial charge < -0.3 is 4.74 Å². The molecule has 0 amide bonds. The van der Waals surface area contributed by atoms with E-state index in [2.05, 4.69) is 13.8 Å². The van der Waals surface area contributed by atoms with Gasteiger partial charge in [0, 0.05) is 12.9 Å². The Bertz CT molecular complexity index is 196. The van der Waals surface area contributed by atoms with Crippen LogP contribution in [0.25, 0.3) is 0 Å². The molecular formula is C20H42OS. The van der Waals surface area contributed by atoms with Crippen LogP contribution in [0.3, 0.4) is 0 Å². The van der Waals surface area contributed by atoms with Crippen molar-refractivity contribution < 1.29 is 4.74 Å². The molecule has 2 heteroatoms. The summed E-state index contributed by atoms with van der Waals surface area (Å²) in [7, 11) is 1.80. The molecule has 1 atom stereocenters. The van der Waals surface area contributed by atoms with Crippen molar-refractivity contribution in [2.45, 2.75) is 110 Å². The summed E-state index contributed by atoms with van der Waals surface area (Å²) in [4.78, 5) is 0. The number of unbranched alkanes of at least 4 members (excludes halogenated alkanes) is 13. The summed E-state index contributed by atoms with van der Waals surface area (Å²) in [5.74, 6) is 2.46. The molecule has 0 spiro atoms. The average Bonchev–Trinajstić information content (AvgIpc) is 2.54. The molecule has 1 unspecified atom stereocenters. The predicted molar refractivity (Wildman–Crippen MR) is 104 cm³/mol. The predicted octanol–water partition coefficient (Wildman–Crippen LogP) is 7.24. The van der Waals surface area contributed by atoms with Gasteiger partial charge in [-0.15, -0.1) is 0 Å². The van der Waals surface area contributed by atoms with Crippen LogP contribution in [0.4, 0.5) is 0 Å². The van der Waals surface area contributed by atoms with E-state index in [1.165, 1.54) is 95.6 Å². The quantitative estimate of drug-likeness (QED) is 0.245. The van der Waals surface area contributed by atoms with Crippen LogP contribution >= 0.6 is 11.8 Å². The molecule has 134 valence electrons. The van der Waals surface area contributed by atoms with E-state index in [4.69, 9.17) is 4.74 Å². The van der Waals surface area contributed by atoms with Crippen molar-refractivity contribution in [3.8, 4) is 0 Å².